The summed E-state index contributed by atoms with van der Waals surface area (Å²) in [7, 11) is 1.66. The van der Waals surface area contributed by atoms with Crippen LogP contribution in [-0.4, -0.2) is 75.2 Å². The number of phenolic OH excluding ortho intramolecular Hbond substituents is 1. The molecule has 1 aromatic rings. The Morgan fingerprint density at radius 2 is 1.89 bits per heavy atom. The minimum atomic E-state index is -2.64. The van der Waals surface area contributed by atoms with Gasteiger partial charge in [-0.15, -0.1) is 0 Å². The van der Waals surface area contributed by atoms with Crippen LogP contribution >= 0.6 is 0 Å². The first-order valence-electron chi connectivity index (χ1n) is 12.7. The number of ether oxygens (including phenoxy) is 1. The summed E-state index contributed by atoms with van der Waals surface area (Å²) in [5.74, 6) is -7.45. The molecule has 5 rings (SSSR count). The van der Waals surface area contributed by atoms with Gasteiger partial charge in [0.1, 0.15) is 28.7 Å². The van der Waals surface area contributed by atoms with Crippen molar-refractivity contribution in [3.05, 3.63) is 51.2 Å². The molecule has 1 fully saturated rings. The van der Waals surface area contributed by atoms with Crippen molar-refractivity contribution in [1.29, 1.82) is 0 Å². The number of likely N-dealkylation sites (tertiary alicyclic amines) is 1. The number of piperidine rings is 1. The fourth-order valence-corrected chi connectivity index (χ4v) is 6.63. The molecule has 4 aliphatic rings. The molecule has 3 atom stereocenters. The van der Waals surface area contributed by atoms with Gasteiger partial charge in [0.05, 0.1) is 5.56 Å². The van der Waals surface area contributed by atoms with E-state index in [1.165, 1.54) is 6.07 Å². The zero-order valence-electron chi connectivity index (χ0n) is 21.0. The maximum absolute atomic E-state index is 15.8. The molecule has 0 bridgehead atoms. The number of amides is 1. The van der Waals surface area contributed by atoms with Gasteiger partial charge in [0.15, 0.2) is 11.4 Å². The first-order chi connectivity index (χ1) is 18.0. The minimum absolute atomic E-state index is 0.0194. The molecule has 0 radical (unpaired) electrons. The number of hydrogen-bond donors (Lipinski definition) is 5. The molecule has 10 nitrogen and oxygen atoms in total. The van der Waals surface area contributed by atoms with Crippen LogP contribution in [0.25, 0.3) is 0 Å². The summed E-state index contributed by atoms with van der Waals surface area (Å²) in [5, 5.41) is 43.3. The van der Waals surface area contributed by atoms with Crippen molar-refractivity contribution in [3.63, 3.8) is 0 Å². The number of nitrogens with zero attached hydrogens (tertiary/aromatic N) is 1. The maximum Gasteiger partial charge on any atom is 0.255 e. The van der Waals surface area contributed by atoms with Gasteiger partial charge in [-0.25, -0.2) is 4.39 Å². The standard InChI is InChI=1S/C27H31FN2O8/c1-38-11-12-2-4-30(5-3-12)10-14-8-17(31)20-16(22(14)28)7-13-6-15-9-18(32)21(26(29)36)25(35)27(15,37)24(34)19(13)23(20)33/h8,12-13,15,31-32,34,37H,2-7,9-11H2,1H3,(H2,29,36)/t13?,15-,27-/m0/s1. The largest absolute Gasteiger partial charge is 0.511 e. The quantitative estimate of drug-likeness (QED) is 0.355. The van der Waals surface area contributed by atoms with E-state index in [0.717, 1.165) is 25.9 Å². The number of phenols is 1. The first kappa shape index (κ1) is 26.3. The summed E-state index contributed by atoms with van der Waals surface area (Å²) in [6, 6.07) is 1.21. The highest BCUT2D eigenvalue weighted by Crippen LogP contribution is 2.51. The van der Waals surface area contributed by atoms with Crippen molar-refractivity contribution < 1.29 is 43.9 Å². The molecule has 0 aromatic heterocycles. The predicted octanol–water partition coefficient (Wildman–Crippen LogP) is 1.58. The molecule has 6 N–H and O–H groups in total. The van der Waals surface area contributed by atoms with Gasteiger partial charge >= 0.3 is 0 Å². The summed E-state index contributed by atoms with van der Waals surface area (Å²) < 4.78 is 21.0. The number of ketones is 2. The summed E-state index contributed by atoms with van der Waals surface area (Å²) in [6.07, 6.45) is 1.38. The molecule has 1 aromatic carbocycles. The second-order valence-electron chi connectivity index (χ2n) is 10.8. The van der Waals surface area contributed by atoms with E-state index in [-0.39, 0.29) is 48.1 Å². The van der Waals surface area contributed by atoms with Gasteiger partial charge in [0, 0.05) is 49.3 Å². The number of hydrogen-bond acceptors (Lipinski definition) is 9. The number of fused-ring (bicyclic) bond motifs is 3. The average molecular weight is 531 g/mol. The minimum Gasteiger partial charge on any atom is -0.511 e. The van der Waals surface area contributed by atoms with Crippen LogP contribution in [0, 0.1) is 23.6 Å². The Labute approximate surface area is 218 Å². The summed E-state index contributed by atoms with van der Waals surface area (Å²) in [4.78, 5) is 40.3. The fourth-order valence-electron chi connectivity index (χ4n) is 6.63. The van der Waals surface area contributed by atoms with E-state index in [0.29, 0.717) is 12.5 Å². The van der Waals surface area contributed by atoms with Gasteiger partial charge < -0.3 is 30.9 Å². The van der Waals surface area contributed by atoms with Gasteiger partial charge in [0.25, 0.3) is 5.91 Å². The molecule has 3 aliphatic carbocycles. The third-order valence-electron chi connectivity index (χ3n) is 8.57. The van der Waals surface area contributed by atoms with Crippen LogP contribution in [0.2, 0.25) is 0 Å². The second-order valence-corrected chi connectivity index (χ2v) is 10.8. The highest BCUT2D eigenvalue weighted by Gasteiger charge is 2.59. The summed E-state index contributed by atoms with van der Waals surface area (Å²) >= 11 is 0. The second kappa shape index (κ2) is 9.48. The lowest BCUT2D eigenvalue weighted by Gasteiger charge is -2.45. The Balaban J connectivity index is 1.49. The molecule has 1 unspecified atom stereocenters. The number of primary amides is 1. The van der Waals surface area contributed by atoms with E-state index in [2.05, 4.69) is 4.90 Å². The first-order valence-corrected chi connectivity index (χ1v) is 12.7. The lowest BCUT2D eigenvalue weighted by molar-refractivity contribution is -0.144. The smallest absolute Gasteiger partial charge is 0.255 e. The molecule has 1 saturated heterocycles. The lowest BCUT2D eigenvalue weighted by Crippen LogP contribution is -2.57. The van der Waals surface area contributed by atoms with Crippen LogP contribution in [0.3, 0.4) is 0 Å². The van der Waals surface area contributed by atoms with Gasteiger partial charge in [-0.3, -0.25) is 19.3 Å². The zero-order chi connectivity index (χ0) is 27.5. The number of aliphatic hydroxyl groups is 3. The Morgan fingerprint density at radius 1 is 1.21 bits per heavy atom. The molecule has 0 saturated carbocycles. The van der Waals surface area contributed by atoms with Crippen molar-refractivity contribution in [2.75, 3.05) is 26.8 Å². The summed E-state index contributed by atoms with van der Waals surface area (Å²) in [6.45, 7) is 2.41. The predicted molar refractivity (Wildman–Crippen MR) is 131 cm³/mol. The van der Waals surface area contributed by atoms with Crippen LogP contribution in [0.1, 0.15) is 47.2 Å². The van der Waals surface area contributed by atoms with Gasteiger partial charge in [0.2, 0.25) is 5.78 Å². The molecule has 1 aliphatic heterocycles. The Kier molecular flexibility index (Phi) is 6.57. The number of methoxy groups -OCH3 is 1. The zero-order valence-corrected chi connectivity index (χ0v) is 21.0. The molecule has 0 spiro atoms. The highest BCUT2D eigenvalue weighted by atomic mass is 19.1. The Bertz CT molecular complexity index is 1300. The van der Waals surface area contributed by atoms with Crippen molar-refractivity contribution in [1.82, 2.24) is 4.90 Å². The topological polar surface area (TPSA) is 171 Å². The molecular weight excluding hydrogens is 499 g/mol. The maximum atomic E-state index is 15.8. The molecule has 1 amide bonds. The number of aromatic hydroxyl groups is 1. The Hall–Kier alpha value is -3.28. The number of carbonyl (C=O) groups is 3. The number of nitrogens with two attached hydrogens (primary N) is 1. The molecule has 204 valence electrons. The van der Waals surface area contributed by atoms with Crippen molar-refractivity contribution >= 4 is 17.5 Å². The van der Waals surface area contributed by atoms with Crippen LogP contribution in [0.5, 0.6) is 5.75 Å². The molecular formula is C27H31FN2O8. The number of halogens is 1. The normalized spacial score (nSPS) is 28.3. The van der Waals surface area contributed by atoms with Gasteiger partial charge in [-0.1, -0.05) is 0 Å². The highest BCUT2D eigenvalue weighted by molar-refractivity contribution is 6.24. The van der Waals surface area contributed by atoms with E-state index in [9.17, 15) is 34.8 Å². The van der Waals surface area contributed by atoms with Crippen LogP contribution < -0.4 is 5.73 Å². The molecule has 38 heavy (non-hydrogen) atoms. The molecule has 11 heteroatoms. The van der Waals surface area contributed by atoms with Crippen LogP contribution in [0.4, 0.5) is 4.39 Å². The van der Waals surface area contributed by atoms with E-state index in [1.807, 2.05) is 0 Å². The van der Waals surface area contributed by atoms with E-state index in [1.54, 1.807) is 7.11 Å². The molecule has 1 heterocycles. The number of aliphatic hydroxyl groups excluding tert-OH is 2. The van der Waals surface area contributed by atoms with E-state index in [4.69, 9.17) is 10.5 Å². The third kappa shape index (κ3) is 3.91. The fraction of sp³-hybridized carbons (Fsp3) is 0.519. The third-order valence-corrected chi connectivity index (χ3v) is 8.57. The number of Topliss-reactive ketones (excluding diaryl/α,β-unsaturated/α-hetero) is 2. The summed E-state index contributed by atoms with van der Waals surface area (Å²) in [5.41, 5.74) is 1.37. The number of carbonyl (C=O) groups excluding carboxylic acids is 3. The van der Waals surface area contributed by atoms with Crippen molar-refractivity contribution in [2.24, 2.45) is 23.5 Å². The van der Waals surface area contributed by atoms with Crippen molar-refractivity contribution in [2.45, 2.75) is 44.2 Å². The number of rotatable bonds is 5. The average Bonchev–Trinajstić information content (AvgIpc) is 2.85. The Morgan fingerprint density at radius 3 is 2.53 bits per heavy atom. The van der Waals surface area contributed by atoms with E-state index >= 15 is 4.39 Å². The van der Waals surface area contributed by atoms with Gasteiger partial charge in [-0.05, 0) is 56.7 Å². The monoisotopic (exact) mass is 530 g/mol. The number of benzene rings is 1. The number of allylic oxidation sites excluding steroid dienone is 2. The lowest BCUT2D eigenvalue weighted by atomic mass is 9.60. The SMILES string of the molecule is COCC1CCN(Cc2cc(O)c3c(c2F)CC2C[C@H]4CC(O)=C(C(N)=O)C(=O)[C@@]4(O)C(O)=C2C3=O)CC1. The van der Waals surface area contributed by atoms with Crippen LogP contribution in [-0.2, 0) is 27.3 Å². The van der Waals surface area contributed by atoms with Crippen LogP contribution in [0.15, 0.2) is 28.7 Å². The van der Waals surface area contributed by atoms with Gasteiger partial charge in [-0.2, -0.15) is 0 Å². The van der Waals surface area contributed by atoms with E-state index < -0.39 is 63.6 Å². The van der Waals surface area contributed by atoms with Crippen molar-refractivity contribution in [3.8, 4) is 5.75 Å².